The van der Waals surface area contributed by atoms with Crippen LogP contribution in [0.1, 0.15) is 31.2 Å². The number of urea groups is 1. The maximum atomic E-state index is 12.9. The highest BCUT2D eigenvalue weighted by Crippen LogP contribution is 2.58. The molecule has 1 saturated heterocycles. The van der Waals surface area contributed by atoms with E-state index >= 15 is 0 Å². The number of rotatable bonds is 4. The minimum atomic E-state index is -0.276. The molecule has 0 atom stereocenters. The van der Waals surface area contributed by atoms with Gasteiger partial charge in [-0.1, -0.05) is 17.7 Å². The summed E-state index contributed by atoms with van der Waals surface area (Å²) in [5.41, 5.74) is 1.18. The van der Waals surface area contributed by atoms with Crippen molar-refractivity contribution in [2.75, 3.05) is 11.4 Å². The van der Waals surface area contributed by atoms with E-state index in [0.29, 0.717) is 22.2 Å². The molecule has 5 rings (SSSR count). The highest BCUT2D eigenvalue weighted by atomic mass is 35.5. The van der Waals surface area contributed by atoms with Gasteiger partial charge in [0.05, 0.1) is 0 Å². The number of imide groups is 1. The number of carbonyl (C=O) groups is 2. The average Bonchev–Trinajstić information content (AvgIpc) is 2.97. The van der Waals surface area contributed by atoms with Crippen molar-refractivity contribution in [3.8, 4) is 11.9 Å². The summed E-state index contributed by atoms with van der Waals surface area (Å²) in [4.78, 5) is 32.5. The highest BCUT2D eigenvalue weighted by molar-refractivity contribution is 6.31. The Bertz CT molecular complexity index is 1070. The molecule has 8 heteroatoms. The maximum absolute atomic E-state index is 12.9. The molecule has 2 saturated carbocycles. The molecule has 1 aromatic carbocycles. The molecule has 152 valence electrons. The van der Waals surface area contributed by atoms with Crippen LogP contribution in [0.15, 0.2) is 42.6 Å². The van der Waals surface area contributed by atoms with Crippen LogP contribution in [-0.2, 0) is 4.79 Å². The van der Waals surface area contributed by atoms with Crippen molar-refractivity contribution in [2.24, 2.45) is 5.41 Å². The van der Waals surface area contributed by atoms with Gasteiger partial charge in [0.15, 0.2) is 0 Å². The zero-order chi connectivity index (χ0) is 20.9. The standard InChI is InChI=1S/C22H19ClN4O3/c23-15-4-1-5-16(7-15)26-13-19(28)27(21(26)29)17-8-22(9-17)10-18(11-22)30-20-14(12-24)3-2-6-25-20/h1-7,17-18H,8-11,13H2/t17-,18-,22?. The molecule has 3 aliphatic rings. The van der Waals surface area contributed by atoms with Gasteiger partial charge in [0, 0.05) is 22.9 Å². The summed E-state index contributed by atoms with van der Waals surface area (Å²) >= 11 is 6.03. The third-order valence-corrected chi connectivity index (χ3v) is 6.55. The molecular formula is C22H19ClN4O3. The third-order valence-electron chi connectivity index (χ3n) is 6.31. The second-order valence-corrected chi connectivity index (χ2v) is 8.73. The van der Waals surface area contributed by atoms with Crippen LogP contribution in [0.3, 0.4) is 0 Å². The van der Waals surface area contributed by atoms with Crippen molar-refractivity contribution >= 4 is 29.2 Å². The molecule has 1 aromatic heterocycles. The molecule has 0 N–H and O–H groups in total. The van der Waals surface area contributed by atoms with Crippen molar-refractivity contribution < 1.29 is 14.3 Å². The quantitative estimate of drug-likeness (QED) is 0.700. The summed E-state index contributed by atoms with van der Waals surface area (Å²) in [6, 6.07) is 12.1. The fourth-order valence-electron chi connectivity index (χ4n) is 4.89. The number of amides is 3. The van der Waals surface area contributed by atoms with Gasteiger partial charge >= 0.3 is 6.03 Å². The molecule has 3 fully saturated rings. The van der Waals surface area contributed by atoms with E-state index in [1.807, 2.05) is 0 Å². The van der Waals surface area contributed by atoms with Gasteiger partial charge in [-0.05, 0) is 61.4 Å². The lowest BCUT2D eigenvalue weighted by molar-refractivity contribution is -0.138. The smallest absolute Gasteiger partial charge is 0.331 e. The molecule has 0 bridgehead atoms. The minimum absolute atomic E-state index is 0.0147. The normalized spacial score (nSPS) is 27.6. The van der Waals surface area contributed by atoms with Crippen LogP contribution in [0.4, 0.5) is 10.5 Å². The Hall–Kier alpha value is -3.11. The van der Waals surface area contributed by atoms with Gasteiger partial charge in [0.2, 0.25) is 5.88 Å². The summed E-state index contributed by atoms with van der Waals surface area (Å²) in [5, 5.41) is 9.69. The summed E-state index contributed by atoms with van der Waals surface area (Å²) in [6.45, 7) is 0.0467. The van der Waals surface area contributed by atoms with Crippen LogP contribution in [0.5, 0.6) is 5.88 Å². The molecule has 1 spiro atoms. The Labute approximate surface area is 178 Å². The molecule has 7 nitrogen and oxygen atoms in total. The maximum Gasteiger partial charge on any atom is 0.331 e. The van der Waals surface area contributed by atoms with Crippen LogP contribution in [-0.4, -0.2) is 40.5 Å². The van der Waals surface area contributed by atoms with Gasteiger partial charge in [-0.3, -0.25) is 14.6 Å². The number of carbonyl (C=O) groups excluding carboxylic acids is 2. The summed E-state index contributed by atoms with van der Waals surface area (Å²) in [7, 11) is 0. The van der Waals surface area contributed by atoms with Crippen LogP contribution in [0.25, 0.3) is 0 Å². The molecule has 1 aliphatic heterocycles. The molecule has 3 amide bonds. The minimum Gasteiger partial charge on any atom is -0.473 e. The van der Waals surface area contributed by atoms with E-state index in [9.17, 15) is 9.59 Å². The monoisotopic (exact) mass is 422 g/mol. The van der Waals surface area contributed by atoms with Crippen molar-refractivity contribution in [2.45, 2.75) is 37.8 Å². The zero-order valence-corrected chi connectivity index (χ0v) is 16.9. The molecule has 0 unspecified atom stereocenters. The average molecular weight is 423 g/mol. The second kappa shape index (κ2) is 6.99. The lowest BCUT2D eigenvalue weighted by Crippen LogP contribution is -2.60. The van der Waals surface area contributed by atoms with Gasteiger partial charge in [-0.15, -0.1) is 0 Å². The number of ether oxygens (including phenoxy) is 1. The number of benzene rings is 1. The Balaban J connectivity index is 1.19. The van der Waals surface area contributed by atoms with Gasteiger partial charge in [-0.2, -0.15) is 5.26 Å². The molecule has 2 aliphatic carbocycles. The first-order valence-corrected chi connectivity index (χ1v) is 10.3. The molecule has 2 aromatic rings. The molecule has 30 heavy (non-hydrogen) atoms. The molecule has 0 radical (unpaired) electrons. The SMILES string of the molecule is N#Cc1cccnc1O[C@H]1CC2(C1)C[C@H](N1C(=O)CN(c3cccc(Cl)c3)C1=O)C2. The lowest BCUT2D eigenvalue weighted by Gasteiger charge is -2.58. The lowest BCUT2D eigenvalue weighted by atomic mass is 9.52. The summed E-state index contributed by atoms with van der Waals surface area (Å²) < 4.78 is 5.89. The van der Waals surface area contributed by atoms with E-state index in [4.69, 9.17) is 21.6 Å². The van der Waals surface area contributed by atoms with E-state index in [2.05, 4.69) is 11.1 Å². The van der Waals surface area contributed by atoms with Crippen LogP contribution in [0.2, 0.25) is 5.02 Å². The van der Waals surface area contributed by atoms with E-state index in [1.165, 1.54) is 9.80 Å². The number of nitriles is 1. The number of aromatic nitrogens is 1. The fraction of sp³-hybridized carbons (Fsp3) is 0.364. The Kier molecular flexibility index (Phi) is 4.40. The van der Waals surface area contributed by atoms with E-state index in [1.54, 1.807) is 42.6 Å². The fourth-order valence-corrected chi connectivity index (χ4v) is 5.08. The van der Waals surface area contributed by atoms with Gasteiger partial charge < -0.3 is 4.74 Å². The topological polar surface area (TPSA) is 86.5 Å². The third kappa shape index (κ3) is 3.08. The van der Waals surface area contributed by atoms with E-state index in [0.717, 1.165) is 25.7 Å². The Morgan fingerprint density at radius 1 is 1.17 bits per heavy atom. The number of halogens is 1. The second-order valence-electron chi connectivity index (χ2n) is 8.29. The number of hydrogen-bond donors (Lipinski definition) is 0. The molecule has 2 heterocycles. The van der Waals surface area contributed by atoms with Gasteiger partial charge in [0.1, 0.15) is 24.3 Å². The first kappa shape index (κ1) is 18.9. The van der Waals surface area contributed by atoms with Gasteiger partial charge in [0.25, 0.3) is 5.91 Å². The first-order valence-electron chi connectivity index (χ1n) is 9.89. The summed E-state index contributed by atoms with van der Waals surface area (Å²) in [5.74, 6) is 0.205. The predicted molar refractivity (Wildman–Crippen MR) is 109 cm³/mol. The van der Waals surface area contributed by atoms with Crippen molar-refractivity contribution in [1.82, 2.24) is 9.88 Å². The Morgan fingerprint density at radius 3 is 2.70 bits per heavy atom. The Morgan fingerprint density at radius 2 is 1.97 bits per heavy atom. The van der Waals surface area contributed by atoms with Crippen molar-refractivity contribution in [1.29, 1.82) is 5.26 Å². The number of hydrogen-bond acceptors (Lipinski definition) is 5. The first-order chi connectivity index (χ1) is 14.5. The number of anilines is 1. The predicted octanol–water partition coefficient (Wildman–Crippen LogP) is 3.77. The van der Waals surface area contributed by atoms with Crippen LogP contribution >= 0.6 is 11.6 Å². The number of nitrogens with zero attached hydrogens (tertiary/aromatic N) is 4. The van der Waals surface area contributed by atoms with Crippen LogP contribution in [0, 0.1) is 16.7 Å². The zero-order valence-electron chi connectivity index (χ0n) is 16.1. The summed E-state index contributed by atoms with van der Waals surface area (Å²) in [6.07, 6.45) is 4.90. The van der Waals surface area contributed by atoms with E-state index < -0.39 is 0 Å². The van der Waals surface area contributed by atoms with E-state index in [-0.39, 0.29) is 36.0 Å². The molecular weight excluding hydrogens is 404 g/mol. The largest absolute Gasteiger partial charge is 0.473 e. The highest BCUT2D eigenvalue weighted by Gasteiger charge is 2.58. The van der Waals surface area contributed by atoms with Gasteiger partial charge in [-0.25, -0.2) is 9.78 Å². The van der Waals surface area contributed by atoms with Crippen molar-refractivity contribution in [3.05, 3.63) is 53.2 Å². The van der Waals surface area contributed by atoms with Crippen LogP contribution < -0.4 is 9.64 Å². The number of pyridine rings is 1. The van der Waals surface area contributed by atoms with Crippen molar-refractivity contribution in [3.63, 3.8) is 0 Å².